The summed E-state index contributed by atoms with van der Waals surface area (Å²) in [6, 6.07) is 0. The second-order valence-corrected chi connectivity index (χ2v) is 3.83. The Morgan fingerprint density at radius 3 is 2.40 bits per heavy atom. The molecule has 0 aromatic carbocycles. The lowest BCUT2D eigenvalue weighted by molar-refractivity contribution is 0.460. The van der Waals surface area contributed by atoms with Crippen molar-refractivity contribution in [1.29, 1.82) is 0 Å². The van der Waals surface area contributed by atoms with Gasteiger partial charge in [-0.25, -0.2) is 0 Å². The van der Waals surface area contributed by atoms with Crippen LogP contribution in [0, 0.1) is 0 Å². The molecule has 0 saturated heterocycles. The van der Waals surface area contributed by atoms with E-state index in [-0.39, 0.29) is 0 Å². The van der Waals surface area contributed by atoms with Gasteiger partial charge in [-0.2, -0.15) is 8.42 Å². The van der Waals surface area contributed by atoms with Crippen LogP contribution in [0.1, 0.15) is 26.2 Å². The molecule has 0 bridgehead atoms. The van der Waals surface area contributed by atoms with Gasteiger partial charge in [0.2, 0.25) is 0 Å². The van der Waals surface area contributed by atoms with Gasteiger partial charge in [0.05, 0.1) is 0 Å². The first kappa shape index (κ1) is 9.87. The fourth-order valence-corrected chi connectivity index (χ4v) is 1.02. The molecule has 62 valence electrons. The van der Waals surface area contributed by atoms with Crippen molar-refractivity contribution in [3.63, 3.8) is 0 Å². The molecule has 0 spiro atoms. The second-order valence-electron chi connectivity index (χ2n) is 2.20. The molecule has 0 aliphatic heterocycles. The van der Waals surface area contributed by atoms with Crippen LogP contribution in [0.3, 0.4) is 0 Å². The number of unbranched alkanes of at least 4 members (excludes halogenated alkanes) is 1. The van der Waals surface area contributed by atoms with Crippen molar-refractivity contribution in [2.75, 3.05) is 0 Å². The fraction of sp³-hybridized carbons (Fsp3) is 1.00. The van der Waals surface area contributed by atoms with E-state index in [4.69, 9.17) is 10.3 Å². The van der Waals surface area contributed by atoms with Gasteiger partial charge in [0.1, 0.15) is 5.37 Å². The smallest absolute Gasteiger partial charge is 0.280 e. The van der Waals surface area contributed by atoms with Crippen LogP contribution < -0.4 is 5.73 Å². The highest BCUT2D eigenvalue weighted by Crippen LogP contribution is 2.02. The maximum atomic E-state index is 10.3. The SMILES string of the molecule is CCCCC(N)S(=O)(=O)O. The Morgan fingerprint density at radius 1 is 1.60 bits per heavy atom. The minimum Gasteiger partial charge on any atom is -0.313 e. The van der Waals surface area contributed by atoms with Crippen molar-refractivity contribution in [1.82, 2.24) is 0 Å². The van der Waals surface area contributed by atoms with Gasteiger partial charge >= 0.3 is 0 Å². The van der Waals surface area contributed by atoms with Gasteiger partial charge in [0.25, 0.3) is 10.1 Å². The molecule has 1 atom stereocenters. The number of hydrogen-bond acceptors (Lipinski definition) is 3. The first-order valence-corrected chi connectivity index (χ1v) is 4.70. The molecule has 0 heterocycles. The molecule has 0 fully saturated rings. The van der Waals surface area contributed by atoms with Crippen LogP contribution >= 0.6 is 0 Å². The predicted octanol–water partition coefficient (Wildman–Crippen LogP) is 0.349. The molecule has 0 rings (SSSR count). The third-order valence-corrected chi connectivity index (χ3v) is 2.23. The maximum absolute atomic E-state index is 10.3. The summed E-state index contributed by atoms with van der Waals surface area (Å²) < 4.78 is 28.9. The van der Waals surface area contributed by atoms with E-state index in [2.05, 4.69) is 0 Å². The average Bonchev–Trinajstić information content (AvgIpc) is 1.80. The van der Waals surface area contributed by atoms with E-state index < -0.39 is 15.5 Å². The third kappa shape index (κ3) is 3.81. The molecule has 0 aliphatic rings. The van der Waals surface area contributed by atoms with Crippen molar-refractivity contribution < 1.29 is 13.0 Å². The number of nitrogens with two attached hydrogens (primary N) is 1. The third-order valence-electron chi connectivity index (χ3n) is 1.22. The minimum atomic E-state index is -4.00. The largest absolute Gasteiger partial charge is 0.313 e. The van der Waals surface area contributed by atoms with Gasteiger partial charge in [0, 0.05) is 0 Å². The van der Waals surface area contributed by atoms with Crippen molar-refractivity contribution >= 4 is 10.1 Å². The Morgan fingerprint density at radius 2 is 2.10 bits per heavy atom. The molecule has 4 nitrogen and oxygen atoms in total. The summed E-state index contributed by atoms with van der Waals surface area (Å²) in [6.07, 6.45) is 1.93. The molecule has 1 unspecified atom stereocenters. The Hall–Kier alpha value is -0.130. The lowest BCUT2D eigenvalue weighted by atomic mass is 10.2. The molecule has 0 saturated carbocycles. The lowest BCUT2D eigenvalue weighted by Crippen LogP contribution is -2.29. The Balaban J connectivity index is 3.75. The molecular weight excluding hydrogens is 154 g/mol. The summed E-state index contributed by atoms with van der Waals surface area (Å²) in [5, 5.41) is -1.10. The van der Waals surface area contributed by atoms with E-state index in [1.54, 1.807) is 0 Å². The van der Waals surface area contributed by atoms with Crippen LogP contribution in [-0.2, 0) is 10.1 Å². The summed E-state index contributed by atoms with van der Waals surface area (Å²) >= 11 is 0. The number of rotatable bonds is 4. The van der Waals surface area contributed by atoms with Crippen LogP contribution in [0.25, 0.3) is 0 Å². The lowest BCUT2D eigenvalue weighted by Gasteiger charge is -2.05. The number of hydrogen-bond donors (Lipinski definition) is 2. The van der Waals surface area contributed by atoms with E-state index in [0.717, 1.165) is 12.8 Å². The Kier molecular flexibility index (Phi) is 3.85. The van der Waals surface area contributed by atoms with E-state index in [1.807, 2.05) is 6.92 Å². The zero-order chi connectivity index (χ0) is 8.20. The van der Waals surface area contributed by atoms with Gasteiger partial charge in [-0.1, -0.05) is 19.8 Å². The highest BCUT2D eigenvalue weighted by Gasteiger charge is 2.15. The van der Waals surface area contributed by atoms with E-state index in [9.17, 15) is 8.42 Å². The predicted molar refractivity (Wildman–Crippen MR) is 39.0 cm³/mol. The zero-order valence-electron chi connectivity index (χ0n) is 5.95. The summed E-state index contributed by atoms with van der Waals surface area (Å²) in [6.45, 7) is 1.93. The van der Waals surface area contributed by atoms with Crippen LogP contribution in [0.2, 0.25) is 0 Å². The summed E-state index contributed by atoms with van der Waals surface area (Å²) in [5.41, 5.74) is 5.10. The van der Waals surface area contributed by atoms with Crippen molar-refractivity contribution in [2.45, 2.75) is 31.6 Å². The first-order valence-electron chi connectivity index (χ1n) is 3.20. The van der Waals surface area contributed by atoms with Crippen LogP contribution in [0.4, 0.5) is 0 Å². The molecule has 10 heavy (non-hydrogen) atoms. The maximum Gasteiger partial charge on any atom is 0.280 e. The second kappa shape index (κ2) is 3.90. The van der Waals surface area contributed by atoms with E-state index >= 15 is 0 Å². The van der Waals surface area contributed by atoms with Gasteiger partial charge in [-0.15, -0.1) is 0 Å². The summed E-state index contributed by atoms with van der Waals surface area (Å²) in [5.74, 6) is 0. The highest BCUT2D eigenvalue weighted by atomic mass is 32.2. The normalized spacial score (nSPS) is 15.1. The van der Waals surface area contributed by atoms with Crippen molar-refractivity contribution in [3.05, 3.63) is 0 Å². The molecule has 0 aromatic heterocycles. The van der Waals surface area contributed by atoms with Crippen molar-refractivity contribution in [3.8, 4) is 0 Å². The Bertz CT molecular complexity index is 175. The molecular formula is C5H13NO3S. The van der Waals surface area contributed by atoms with E-state index in [1.165, 1.54) is 0 Å². The van der Waals surface area contributed by atoms with Gasteiger partial charge in [-0.05, 0) is 6.42 Å². The first-order chi connectivity index (χ1) is 4.48. The molecule has 0 aliphatic carbocycles. The van der Waals surface area contributed by atoms with Crippen LogP contribution in [0.5, 0.6) is 0 Å². The molecule has 0 aromatic rings. The summed E-state index contributed by atoms with van der Waals surface area (Å²) in [7, 11) is -4.00. The fourth-order valence-electron chi connectivity index (χ4n) is 0.554. The monoisotopic (exact) mass is 167 g/mol. The van der Waals surface area contributed by atoms with E-state index in [0.29, 0.717) is 6.42 Å². The molecule has 0 amide bonds. The van der Waals surface area contributed by atoms with Crippen LogP contribution in [0.15, 0.2) is 0 Å². The molecule has 3 N–H and O–H groups in total. The average molecular weight is 167 g/mol. The van der Waals surface area contributed by atoms with Gasteiger partial charge < -0.3 is 5.73 Å². The van der Waals surface area contributed by atoms with Gasteiger partial charge in [-0.3, -0.25) is 4.55 Å². The quantitative estimate of drug-likeness (QED) is 0.592. The minimum absolute atomic E-state index is 0.329. The molecule has 5 heteroatoms. The standard InChI is InChI=1S/C5H13NO3S/c1-2-3-4-5(6)10(7,8)9/h5H,2-4,6H2,1H3,(H,7,8,9). The zero-order valence-corrected chi connectivity index (χ0v) is 6.76. The molecule has 0 radical (unpaired) electrons. The Labute approximate surface area is 61.2 Å². The van der Waals surface area contributed by atoms with Crippen molar-refractivity contribution in [2.24, 2.45) is 5.73 Å². The van der Waals surface area contributed by atoms with Gasteiger partial charge in [0.15, 0.2) is 0 Å². The topological polar surface area (TPSA) is 80.4 Å². The van der Waals surface area contributed by atoms with Crippen LogP contribution in [-0.4, -0.2) is 18.3 Å². The summed E-state index contributed by atoms with van der Waals surface area (Å²) in [4.78, 5) is 0. The highest BCUT2D eigenvalue weighted by molar-refractivity contribution is 7.86.